The van der Waals surface area contributed by atoms with Gasteiger partial charge in [-0.25, -0.2) is 9.45 Å². The molecule has 0 aliphatic heterocycles. The summed E-state index contributed by atoms with van der Waals surface area (Å²) >= 11 is 0. The molecule has 0 aliphatic carbocycles. The summed E-state index contributed by atoms with van der Waals surface area (Å²) in [6.45, 7) is 3.95. The molecule has 0 heterocycles. The van der Waals surface area contributed by atoms with E-state index in [0.717, 1.165) is 20.0 Å². The van der Waals surface area contributed by atoms with E-state index in [1.165, 1.54) is 0 Å². The molecule has 0 aromatic heterocycles. The van der Waals surface area contributed by atoms with E-state index < -0.39 is 7.82 Å². The first-order valence-electron chi connectivity index (χ1n) is 6.90. The smallest absolute Gasteiger partial charge is 0.396 e. The topological polar surface area (TPSA) is 114 Å². The van der Waals surface area contributed by atoms with Gasteiger partial charge in [0, 0.05) is 43.5 Å². The number of hydrogen-bond acceptors (Lipinski definition) is 6. The summed E-state index contributed by atoms with van der Waals surface area (Å²) in [4.78, 5) is 24.5. The molecule has 1 amide bonds. The Hall–Kier alpha value is 0.0844. The van der Waals surface area contributed by atoms with Gasteiger partial charge < -0.3 is 15.3 Å². The molecule has 0 aromatic carbocycles. The second-order valence-electron chi connectivity index (χ2n) is 5.00. The van der Waals surface area contributed by atoms with Crippen LogP contribution in [-0.2, 0) is 42.0 Å². The third-order valence-electron chi connectivity index (χ3n) is 2.76. The van der Waals surface area contributed by atoms with Crippen LogP contribution in [-0.4, -0.2) is 42.8 Å². The van der Waals surface area contributed by atoms with Crippen molar-refractivity contribution in [2.75, 3.05) is 26.9 Å². The molecule has 0 rings (SSSR count). The summed E-state index contributed by atoms with van der Waals surface area (Å²) in [5.74, 6) is -0.301. The summed E-state index contributed by atoms with van der Waals surface area (Å²) in [6.07, 6.45) is 2.13. The number of unbranched alkanes of at least 4 members (excludes halogenated alkanes) is 1. The molecule has 0 fully saturated rings. The van der Waals surface area contributed by atoms with Crippen molar-refractivity contribution in [2.45, 2.75) is 33.1 Å². The zero-order chi connectivity index (χ0) is 16.3. The number of aliphatic hydroxyl groups is 1. The quantitative estimate of drug-likeness (QED) is 0.203. The molecule has 131 valence electrons. The molecule has 0 spiro atoms. The molecule has 10 heteroatoms. The van der Waals surface area contributed by atoms with Crippen molar-refractivity contribution in [3.63, 3.8) is 0 Å². The minimum Gasteiger partial charge on any atom is -0.396 e. The number of phosphoric acid groups is 1. The molecular weight excluding hydrogens is 352 g/mol. The summed E-state index contributed by atoms with van der Waals surface area (Å²) in [7, 11) is -3.12. The zero-order valence-electron chi connectivity index (χ0n) is 13.2. The maximum absolute atomic E-state index is 11.3. The molecule has 1 radical (unpaired) electrons. The Morgan fingerprint density at radius 1 is 1.32 bits per heavy atom. The monoisotopic (exact) mass is 378 g/mol. The molecule has 8 nitrogen and oxygen atoms in total. The number of rotatable bonds is 12. The van der Waals surface area contributed by atoms with Gasteiger partial charge in [0.25, 0.3) is 0 Å². The number of aliphatic hydroxyl groups excluding tert-OH is 1. The van der Waals surface area contributed by atoms with E-state index in [1.54, 1.807) is 0 Å². The maximum Gasteiger partial charge on any atom is 0.499 e. The fraction of sp³-hybridized carbons (Fsp3) is 0.917. The summed E-state index contributed by atoms with van der Waals surface area (Å²) in [6, 6.07) is 0. The SMILES string of the molecule is COOP(=O)(O)OCC(CO)CCCCNC(=O)C(C)C.[V]. The molecule has 0 saturated heterocycles. The fourth-order valence-corrected chi connectivity index (χ4v) is 2.15. The van der Waals surface area contributed by atoms with Crippen molar-refractivity contribution in [3.05, 3.63) is 0 Å². The predicted molar refractivity (Wildman–Crippen MR) is 76.1 cm³/mol. The van der Waals surface area contributed by atoms with Crippen LogP contribution < -0.4 is 5.32 Å². The van der Waals surface area contributed by atoms with Crippen LogP contribution in [0.3, 0.4) is 0 Å². The van der Waals surface area contributed by atoms with E-state index in [2.05, 4.69) is 19.4 Å². The Morgan fingerprint density at radius 3 is 2.45 bits per heavy atom. The zero-order valence-corrected chi connectivity index (χ0v) is 15.5. The average molecular weight is 378 g/mol. The second kappa shape index (κ2) is 13.5. The van der Waals surface area contributed by atoms with Crippen molar-refractivity contribution >= 4 is 13.7 Å². The number of nitrogens with one attached hydrogen (secondary N) is 1. The van der Waals surface area contributed by atoms with Crippen molar-refractivity contribution in [2.24, 2.45) is 11.8 Å². The van der Waals surface area contributed by atoms with Gasteiger partial charge in [-0.05, 0) is 12.8 Å². The van der Waals surface area contributed by atoms with Gasteiger partial charge in [-0.3, -0.25) is 9.32 Å². The predicted octanol–water partition coefficient (Wildman–Crippen LogP) is 1.23. The van der Waals surface area contributed by atoms with E-state index in [9.17, 15) is 14.5 Å². The van der Waals surface area contributed by atoms with Crippen LogP contribution in [0.25, 0.3) is 0 Å². The first-order chi connectivity index (χ1) is 9.82. The van der Waals surface area contributed by atoms with E-state index in [4.69, 9.17) is 4.89 Å². The fourth-order valence-electron chi connectivity index (χ4n) is 1.52. The maximum atomic E-state index is 11.3. The van der Waals surface area contributed by atoms with Crippen molar-refractivity contribution < 1.29 is 52.0 Å². The van der Waals surface area contributed by atoms with Gasteiger partial charge >= 0.3 is 7.82 Å². The Balaban J connectivity index is 0. The van der Waals surface area contributed by atoms with Crippen LogP contribution in [0.1, 0.15) is 33.1 Å². The summed E-state index contributed by atoms with van der Waals surface area (Å²) in [5.41, 5.74) is 0. The van der Waals surface area contributed by atoms with Gasteiger partial charge in [0.1, 0.15) is 0 Å². The van der Waals surface area contributed by atoms with Crippen LogP contribution in [0, 0.1) is 11.8 Å². The van der Waals surface area contributed by atoms with E-state index in [0.29, 0.717) is 13.0 Å². The molecule has 22 heavy (non-hydrogen) atoms. The number of amides is 1. The number of carbonyl (C=O) groups excluding carboxylic acids is 1. The molecule has 0 bridgehead atoms. The van der Waals surface area contributed by atoms with Gasteiger partial charge in [-0.1, -0.05) is 20.3 Å². The Kier molecular flexibility index (Phi) is 15.0. The molecule has 0 saturated carbocycles. The van der Waals surface area contributed by atoms with Crippen LogP contribution in [0.5, 0.6) is 0 Å². The largest absolute Gasteiger partial charge is 0.499 e. The first-order valence-corrected chi connectivity index (χ1v) is 8.40. The van der Waals surface area contributed by atoms with Crippen LogP contribution >= 0.6 is 7.82 Å². The van der Waals surface area contributed by atoms with Gasteiger partial charge in [-0.2, -0.15) is 0 Å². The number of carbonyl (C=O) groups is 1. The Bertz CT molecular complexity index is 343. The number of hydrogen-bond donors (Lipinski definition) is 3. The normalized spacial score (nSPS) is 15.0. The molecule has 0 aromatic rings. The van der Waals surface area contributed by atoms with E-state index in [1.807, 2.05) is 13.8 Å². The Labute approximate surface area is 143 Å². The van der Waals surface area contributed by atoms with Crippen LogP contribution in [0.2, 0.25) is 0 Å². The molecule has 2 atom stereocenters. The third kappa shape index (κ3) is 12.6. The second-order valence-corrected chi connectivity index (χ2v) is 6.34. The van der Waals surface area contributed by atoms with E-state index >= 15 is 0 Å². The van der Waals surface area contributed by atoms with Gasteiger partial charge in [0.2, 0.25) is 5.91 Å². The van der Waals surface area contributed by atoms with Crippen molar-refractivity contribution in [1.82, 2.24) is 5.32 Å². The minimum atomic E-state index is -4.22. The van der Waals surface area contributed by atoms with Gasteiger partial charge in [0.15, 0.2) is 0 Å². The molecule has 0 aliphatic rings. The van der Waals surface area contributed by atoms with Crippen LogP contribution in [0.4, 0.5) is 0 Å². The summed E-state index contributed by atoms with van der Waals surface area (Å²) in [5, 5.41) is 12.0. The minimum absolute atomic E-state index is 0. The Morgan fingerprint density at radius 2 is 1.95 bits per heavy atom. The van der Waals surface area contributed by atoms with Gasteiger partial charge in [0.05, 0.1) is 13.7 Å². The molecule has 3 N–H and O–H groups in total. The van der Waals surface area contributed by atoms with Crippen molar-refractivity contribution in [1.29, 1.82) is 0 Å². The molecular formula is C12H26NO7PV. The van der Waals surface area contributed by atoms with Crippen LogP contribution in [0.15, 0.2) is 0 Å². The molecule has 2 unspecified atom stereocenters. The number of phosphoric ester groups is 1. The van der Waals surface area contributed by atoms with E-state index in [-0.39, 0.29) is 49.5 Å². The standard InChI is InChI=1S/C12H26NO7P.V/c1-10(2)12(15)13-7-5-4-6-11(8-14)9-19-21(16,17)20-18-3;/h10-11,14H,4-9H2,1-3H3,(H,13,15)(H,16,17);. The summed E-state index contributed by atoms with van der Waals surface area (Å²) < 4.78 is 20.0. The van der Waals surface area contributed by atoms with Gasteiger partial charge in [-0.15, -0.1) is 4.67 Å². The third-order valence-corrected chi connectivity index (χ3v) is 3.58. The average Bonchev–Trinajstić information content (AvgIpc) is 2.41. The van der Waals surface area contributed by atoms with Crippen molar-refractivity contribution in [3.8, 4) is 0 Å². The first kappa shape index (κ1) is 24.3.